The minimum absolute atomic E-state index is 0.0247. The van der Waals surface area contributed by atoms with Crippen molar-refractivity contribution in [3.63, 3.8) is 0 Å². The summed E-state index contributed by atoms with van der Waals surface area (Å²) < 4.78 is 0. The molecular weight excluding hydrogens is 472 g/mol. The predicted octanol–water partition coefficient (Wildman–Crippen LogP) is 5.18. The molecule has 0 saturated carbocycles. The minimum Gasteiger partial charge on any atom is -0.339 e. The fourth-order valence-electron chi connectivity index (χ4n) is 5.80. The van der Waals surface area contributed by atoms with Gasteiger partial charge in [0.15, 0.2) is 0 Å². The third-order valence-electron chi connectivity index (χ3n) is 8.27. The van der Waals surface area contributed by atoms with Crippen LogP contribution in [0.1, 0.15) is 63.2 Å². The van der Waals surface area contributed by atoms with E-state index in [4.69, 9.17) is 0 Å². The molecule has 0 radical (unpaired) electrons. The summed E-state index contributed by atoms with van der Waals surface area (Å²) in [6.07, 6.45) is 5.79. The maximum atomic E-state index is 13.5. The summed E-state index contributed by atoms with van der Waals surface area (Å²) in [5, 5.41) is 9.97. The van der Waals surface area contributed by atoms with Crippen LogP contribution in [0.15, 0.2) is 72.9 Å². The highest BCUT2D eigenvalue weighted by Crippen LogP contribution is 2.35. The largest absolute Gasteiger partial charge is 0.339 e. The fourth-order valence-corrected chi connectivity index (χ4v) is 5.80. The summed E-state index contributed by atoms with van der Waals surface area (Å²) in [7, 11) is 0. The number of likely N-dealkylation sites (tertiary alicyclic amines) is 2. The van der Waals surface area contributed by atoms with Gasteiger partial charge in [-0.3, -0.25) is 14.6 Å². The maximum Gasteiger partial charge on any atom is 0.272 e. The number of piperidine rings is 2. The van der Waals surface area contributed by atoms with Crippen LogP contribution in [-0.2, 0) is 11.8 Å². The molecule has 6 heteroatoms. The third kappa shape index (κ3) is 5.33. The Hall–Kier alpha value is -3.98. The van der Waals surface area contributed by atoms with E-state index < -0.39 is 5.41 Å². The molecule has 3 aromatic rings. The zero-order valence-electron chi connectivity index (χ0n) is 22.0. The fraction of sp³-hybridized carbons (Fsp3) is 0.375. The summed E-state index contributed by atoms with van der Waals surface area (Å²) >= 11 is 0. The van der Waals surface area contributed by atoms with Crippen molar-refractivity contribution in [2.45, 2.75) is 44.4 Å². The number of carbonyl (C=O) groups excluding carboxylic acids is 2. The number of nitriles is 1. The number of hydrogen-bond acceptors (Lipinski definition) is 4. The van der Waals surface area contributed by atoms with Crippen molar-refractivity contribution >= 4 is 11.8 Å². The number of aryl methyl sites for hydroxylation is 1. The lowest BCUT2D eigenvalue weighted by molar-refractivity contribution is 0.0684. The van der Waals surface area contributed by atoms with Crippen LogP contribution in [0.25, 0.3) is 0 Å². The van der Waals surface area contributed by atoms with Crippen LogP contribution >= 0.6 is 0 Å². The molecule has 38 heavy (non-hydrogen) atoms. The van der Waals surface area contributed by atoms with E-state index >= 15 is 0 Å². The first-order valence-corrected chi connectivity index (χ1v) is 13.5. The number of hydrogen-bond donors (Lipinski definition) is 0. The highest BCUT2D eigenvalue weighted by molar-refractivity contribution is 5.99. The highest BCUT2D eigenvalue weighted by Gasteiger charge is 2.38. The molecule has 5 rings (SSSR count). The SMILES string of the molecule is Cc1cnc(C(=O)N2CCC(C#N)(c3ccccc3)CC2)cc1C(=O)N1CCC(Cc2ccccc2)CC1. The molecule has 0 unspecified atom stereocenters. The van der Waals surface area contributed by atoms with Gasteiger partial charge in [0.1, 0.15) is 5.69 Å². The molecule has 194 valence electrons. The predicted molar refractivity (Wildman–Crippen MR) is 147 cm³/mol. The molecule has 0 spiro atoms. The minimum atomic E-state index is -0.577. The van der Waals surface area contributed by atoms with Gasteiger partial charge < -0.3 is 9.80 Å². The molecule has 2 saturated heterocycles. The van der Waals surface area contributed by atoms with Crippen molar-refractivity contribution in [2.24, 2.45) is 5.92 Å². The standard InChI is InChI=1S/C32H34N4O2/c1-24-22-34-29(31(38)36-18-14-32(23-33,15-19-36)27-10-6-3-7-11-27)21-28(24)30(37)35-16-12-26(13-17-35)20-25-8-4-2-5-9-25/h2-11,21-22,26H,12-20H2,1H3. The van der Waals surface area contributed by atoms with Crippen LogP contribution in [0.2, 0.25) is 0 Å². The Balaban J connectivity index is 1.22. The van der Waals surface area contributed by atoms with Crippen LogP contribution in [0.5, 0.6) is 0 Å². The Morgan fingerprint density at radius 2 is 1.53 bits per heavy atom. The van der Waals surface area contributed by atoms with Crippen molar-refractivity contribution in [2.75, 3.05) is 26.2 Å². The second-order valence-electron chi connectivity index (χ2n) is 10.7. The third-order valence-corrected chi connectivity index (χ3v) is 8.27. The van der Waals surface area contributed by atoms with Gasteiger partial charge in [0.2, 0.25) is 0 Å². The van der Waals surface area contributed by atoms with Crippen LogP contribution in [0, 0.1) is 24.2 Å². The molecule has 0 N–H and O–H groups in total. The number of amides is 2. The first kappa shape index (κ1) is 25.7. The van der Waals surface area contributed by atoms with Crippen molar-refractivity contribution in [1.82, 2.24) is 14.8 Å². The topological polar surface area (TPSA) is 77.3 Å². The average Bonchev–Trinajstić information content (AvgIpc) is 2.98. The Morgan fingerprint density at radius 3 is 2.16 bits per heavy atom. The molecule has 3 heterocycles. The lowest BCUT2D eigenvalue weighted by Gasteiger charge is -2.37. The number of rotatable bonds is 5. The van der Waals surface area contributed by atoms with Crippen LogP contribution in [-0.4, -0.2) is 52.8 Å². The Morgan fingerprint density at radius 1 is 0.921 bits per heavy atom. The van der Waals surface area contributed by atoms with E-state index in [1.54, 1.807) is 17.2 Å². The Bertz CT molecular complexity index is 1320. The summed E-state index contributed by atoms with van der Waals surface area (Å²) in [6.45, 7) is 4.29. The zero-order valence-corrected chi connectivity index (χ0v) is 22.0. The second kappa shape index (κ2) is 11.2. The van der Waals surface area contributed by atoms with Gasteiger partial charge in [0, 0.05) is 37.9 Å². The van der Waals surface area contributed by atoms with Gasteiger partial charge in [-0.1, -0.05) is 60.7 Å². The molecule has 2 aliphatic heterocycles. The molecule has 2 aliphatic rings. The Kier molecular flexibility index (Phi) is 7.55. The highest BCUT2D eigenvalue weighted by atomic mass is 16.2. The molecule has 2 amide bonds. The van der Waals surface area contributed by atoms with Gasteiger partial charge in [0.25, 0.3) is 11.8 Å². The van der Waals surface area contributed by atoms with E-state index in [0.717, 1.165) is 43.5 Å². The van der Waals surface area contributed by atoms with Gasteiger partial charge >= 0.3 is 0 Å². The van der Waals surface area contributed by atoms with E-state index in [2.05, 4.69) is 35.3 Å². The van der Waals surface area contributed by atoms with Gasteiger partial charge in [0.05, 0.1) is 11.5 Å². The maximum absolute atomic E-state index is 13.5. The molecule has 0 atom stereocenters. The van der Waals surface area contributed by atoms with E-state index in [1.165, 1.54) is 5.56 Å². The van der Waals surface area contributed by atoms with Crippen molar-refractivity contribution in [3.8, 4) is 6.07 Å². The number of nitrogens with zero attached hydrogens (tertiary/aromatic N) is 4. The molecular formula is C32H34N4O2. The van der Waals surface area contributed by atoms with Crippen LogP contribution in [0.4, 0.5) is 0 Å². The number of aromatic nitrogens is 1. The molecule has 0 bridgehead atoms. The number of carbonyl (C=O) groups is 2. The summed E-state index contributed by atoms with van der Waals surface area (Å²) in [6, 6.07) is 24.5. The monoisotopic (exact) mass is 506 g/mol. The first-order chi connectivity index (χ1) is 18.5. The van der Waals surface area contributed by atoms with Crippen LogP contribution in [0.3, 0.4) is 0 Å². The van der Waals surface area contributed by atoms with E-state index in [-0.39, 0.29) is 11.8 Å². The summed E-state index contributed by atoms with van der Waals surface area (Å²) in [5.41, 5.74) is 3.40. The molecule has 2 fully saturated rings. The number of pyridine rings is 1. The molecule has 0 aliphatic carbocycles. The van der Waals surface area contributed by atoms with E-state index in [0.29, 0.717) is 43.1 Å². The summed E-state index contributed by atoms with van der Waals surface area (Å²) in [4.78, 5) is 34.9. The van der Waals surface area contributed by atoms with Gasteiger partial charge in [-0.25, -0.2) is 0 Å². The smallest absolute Gasteiger partial charge is 0.272 e. The van der Waals surface area contributed by atoms with Gasteiger partial charge in [-0.15, -0.1) is 0 Å². The van der Waals surface area contributed by atoms with E-state index in [9.17, 15) is 14.9 Å². The molecule has 1 aromatic heterocycles. The Labute approximate surface area is 224 Å². The quantitative estimate of drug-likeness (QED) is 0.478. The zero-order chi connectivity index (χ0) is 26.5. The van der Waals surface area contributed by atoms with Crippen molar-refractivity contribution in [1.29, 1.82) is 5.26 Å². The van der Waals surface area contributed by atoms with Crippen molar-refractivity contribution in [3.05, 3.63) is 101 Å². The van der Waals surface area contributed by atoms with Crippen molar-refractivity contribution < 1.29 is 9.59 Å². The normalized spacial score (nSPS) is 17.6. The second-order valence-corrected chi connectivity index (χ2v) is 10.7. The lowest BCUT2D eigenvalue weighted by Crippen LogP contribution is -2.45. The first-order valence-electron chi connectivity index (χ1n) is 13.5. The molecule has 2 aromatic carbocycles. The average molecular weight is 507 g/mol. The molecule has 6 nitrogen and oxygen atoms in total. The van der Waals surface area contributed by atoms with Gasteiger partial charge in [-0.2, -0.15) is 5.26 Å². The lowest BCUT2D eigenvalue weighted by atomic mass is 9.74. The summed E-state index contributed by atoms with van der Waals surface area (Å²) in [5.74, 6) is 0.371. The number of benzene rings is 2. The van der Waals surface area contributed by atoms with E-state index in [1.807, 2.05) is 48.2 Å². The van der Waals surface area contributed by atoms with Crippen LogP contribution < -0.4 is 0 Å². The van der Waals surface area contributed by atoms with Gasteiger partial charge in [-0.05, 0) is 67.7 Å².